The molecule has 1 N–H and O–H groups in total. The van der Waals surface area contributed by atoms with Crippen LogP contribution in [0.4, 0.5) is 5.00 Å². The van der Waals surface area contributed by atoms with Crippen molar-refractivity contribution in [1.29, 1.82) is 0 Å². The second kappa shape index (κ2) is 12.2. The lowest BCUT2D eigenvalue weighted by molar-refractivity contribution is -0.115. The van der Waals surface area contributed by atoms with Crippen LogP contribution in [0.15, 0.2) is 35.8 Å². The third-order valence-corrected chi connectivity index (χ3v) is 8.94. The van der Waals surface area contributed by atoms with Crippen molar-refractivity contribution in [1.82, 2.24) is 4.57 Å². The summed E-state index contributed by atoms with van der Waals surface area (Å²) in [6, 6.07) is 5.54. The maximum absolute atomic E-state index is 12.6. The molecule has 2 aromatic heterocycles. The summed E-state index contributed by atoms with van der Waals surface area (Å²) in [4.78, 5) is 43.7. The van der Waals surface area contributed by atoms with Gasteiger partial charge >= 0.3 is 5.97 Å². The molecule has 1 aliphatic rings. The first-order valence-corrected chi connectivity index (χ1v) is 14.7. The third kappa shape index (κ3) is 6.11. The number of carbonyl (C=O) groups is 3. The smallest absolute Gasteiger partial charge is 0.341 e. The number of nitrogens with one attached hydrogen (secondary N) is 1. The van der Waals surface area contributed by atoms with Crippen molar-refractivity contribution < 1.29 is 19.1 Å². The molecule has 1 aromatic carbocycles. The standard InChI is InChI=1S/C25H26ClN3O4S3/c1-3-11-29-17-10-9-15(26)12-19(17)36-25(29)28-21(31)14-34-13-20(30)27-23-22(24(32)33-4-2)16-7-5-6-8-18(16)35-23/h3,9-10,12H,1,4-8,11,13-14H2,2H3,(H,27,30). The lowest BCUT2D eigenvalue weighted by Gasteiger charge is -2.12. The van der Waals surface area contributed by atoms with Crippen LogP contribution < -0.4 is 10.1 Å². The molecule has 0 spiro atoms. The summed E-state index contributed by atoms with van der Waals surface area (Å²) in [5.74, 6) is -0.869. The third-order valence-electron chi connectivity index (χ3n) is 5.54. The maximum Gasteiger partial charge on any atom is 0.341 e. The second-order valence-corrected chi connectivity index (χ2v) is 11.6. The number of nitrogens with zero attached hydrogens (tertiary/aromatic N) is 2. The van der Waals surface area contributed by atoms with Crippen molar-refractivity contribution in [2.45, 2.75) is 39.2 Å². The van der Waals surface area contributed by atoms with Crippen molar-refractivity contribution in [3.8, 4) is 0 Å². The minimum atomic E-state index is -0.397. The summed E-state index contributed by atoms with van der Waals surface area (Å²) < 4.78 is 8.08. The first-order valence-electron chi connectivity index (χ1n) is 11.6. The van der Waals surface area contributed by atoms with Crippen molar-refractivity contribution in [3.05, 3.63) is 56.7 Å². The fourth-order valence-electron chi connectivity index (χ4n) is 4.04. The number of amides is 2. The Morgan fingerprint density at radius 1 is 1.25 bits per heavy atom. The molecular weight excluding hydrogens is 538 g/mol. The molecule has 0 unspecified atom stereocenters. The quantitative estimate of drug-likeness (QED) is 0.276. The number of hydrogen-bond donors (Lipinski definition) is 1. The van der Waals surface area contributed by atoms with Gasteiger partial charge in [-0.2, -0.15) is 4.99 Å². The number of aromatic nitrogens is 1. The predicted octanol–water partition coefficient (Wildman–Crippen LogP) is 5.46. The molecule has 36 heavy (non-hydrogen) atoms. The molecule has 190 valence electrons. The summed E-state index contributed by atoms with van der Waals surface area (Å²) in [7, 11) is 0. The highest BCUT2D eigenvalue weighted by atomic mass is 35.5. The number of halogens is 1. The number of rotatable bonds is 9. The number of aryl methyl sites for hydroxylation is 1. The highest BCUT2D eigenvalue weighted by Gasteiger charge is 2.27. The van der Waals surface area contributed by atoms with Gasteiger partial charge in [0.15, 0.2) is 4.80 Å². The largest absolute Gasteiger partial charge is 0.462 e. The van der Waals surface area contributed by atoms with Gasteiger partial charge in [-0.05, 0) is 56.4 Å². The van der Waals surface area contributed by atoms with Gasteiger partial charge in [0, 0.05) is 16.4 Å². The molecule has 3 aromatic rings. The molecule has 0 aliphatic heterocycles. The molecule has 11 heteroatoms. The molecular formula is C25H26ClN3O4S3. The van der Waals surface area contributed by atoms with E-state index in [0.29, 0.717) is 26.9 Å². The number of hydrogen-bond acceptors (Lipinski definition) is 7. The number of esters is 1. The van der Waals surface area contributed by atoms with Crippen LogP contribution in [0.25, 0.3) is 10.2 Å². The van der Waals surface area contributed by atoms with Crippen LogP contribution in [0.3, 0.4) is 0 Å². The Morgan fingerprint density at radius 2 is 2.06 bits per heavy atom. The number of thiophene rings is 1. The molecule has 2 amide bonds. The van der Waals surface area contributed by atoms with E-state index in [1.165, 1.54) is 34.4 Å². The summed E-state index contributed by atoms with van der Waals surface area (Å²) in [5.41, 5.74) is 2.41. The SMILES string of the molecule is C=CCn1c(=NC(=O)CSCC(=O)Nc2sc3c(c2C(=O)OCC)CCCC3)sc2cc(Cl)ccc21. The number of allylic oxidation sites excluding steroid dienone is 1. The number of ether oxygens (including phenoxy) is 1. The molecule has 0 saturated heterocycles. The Kier molecular flexibility index (Phi) is 9.05. The summed E-state index contributed by atoms with van der Waals surface area (Å²) in [5, 5.41) is 4.03. The Hall–Kier alpha value is -2.40. The minimum absolute atomic E-state index is 0.0577. The molecule has 0 bridgehead atoms. The van der Waals surface area contributed by atoms with Gasteiger partial charge in [-0.3, -0.25) is 9.59 Å². The Bertz CT molecular complexity index is 1390. The Morgan fingerprint density at radius 3 is 2.83 bits per heavy atom. The summed E-state index contributed by atoms with van der Waals surface area (Å²) >= 11 is 10.1. The van der Waals surface area contributed by atoms with Crippen LogP contribution in [0.2, 0.25) is 5.02 Å². The van der Waals surface area contributed by atoms with Gasteiger partial charge in [0.2, 0.25) is 5.91 Å². The van der Waals surface area contributed by atoms with Crippen molar-refractivity contribution in [2.75, 3.05) is 23.4 Å². The van der Waals surface area contributed by atoms with E-state index in [-0.39, 0.29) is 29.9 Å². The van der Waals surface area contributed by atoms with Crippen molar-refractivity contribution in [3.63, 3.8) is 0 Å². The van der Waals surface area contributed by atoms with Crippen LogP contribution in [0.5, 0.6) is 0 Å². The fraction of sp³-hybridized carbons (Fsp3) is 0.360. The average Bonchev–Trinajstić information content (AvgIpc) is 3.36. The number of benzene rings is 1. The number of anilines is 1. The molecule has 0 fully saturated rings. The molecule has 7 nitrogen and oxygen atoms in total. The predicted molar refractivity (Wildman–Crippen MR) is 148 cm³/mol. The lowest BCUT2D eigenvalue weighted by Crippen LogP contribution is -2.19. The van der Waals surface area contributed by atoms with Gasteiger partial charge < -0.3 is 14.6 Å². The van der Waals surface area contributed by atoms with Gasteiger partial charge in [-0.1, -0.05) is 29.0 Å². The van der Waals surface area contributed by atoms with E-state index in [9.17, 15) is 14.4 Å². The maximum atomic E-state index is 12.6. The van der Waals surface area contributed by atoms with Crippen LogP contribution in [-0.2, 0) is 33.7 Å². The fourth-order valence-corrected chi connectivity index (χ4v) is 7.27. The van der Waals surface area contributed by atoms with Gasteiger partial charge in [-0.15, -0.1) is 29.7 Å². The molecule has 1 aliphatic carbocycles. The first-order chi connectivity index (χ1) is 17.4. The van der Waals surface area contributed by atoms with E-state index >= 15 is 0 Å². The molecule has 2 heterocycles. The number of thioether (sulfide) groups is 1. The normalized spacial score (nSPS) is 13.4. The molecule has 4 rings (SSSR count). The summed E-state index contributed by atoms with van der Waals surface area (Å²) in [6.45, 7) is 6.34. The highest BCUT2D eigenvalue weighted by molar-refractivity contribution is 8.00. The zero-order valence-electron chi connectivity index (χ0n) is 19.8. The molecule has 0 radical (unpaired) electrons. The highest BCUT2D eigenvalue weighted by Crippen LogP contribution is 2.38. The molecule has 0 atom stereocenters. The van der Waals surface area contributed by atoms with Gasteiger partial charge in [0.05, 0.1) is 33.9 Å². The van der Waals surface area contributed by atoms with Gasteiger partial charge in [0.1, 0.15) is 5.00 Å². The summed E-state index contributed by atoms with van der Waals surface area (Å²) in [6.07, 6.45) is 5.56. The van der Waals surface area contributed by atoms with E-state index < -0.39 is 5.97 Å². The monoisotopic (exact) mass is 563 g/mol. The van der Waals surface area contributed by atoms with E-state index in [0.717, 1.165) is 46.3 Å². The van der Waals surface area contributed by atoms with Crippen LogP contribution in [0, 0.1) is 0 Å². The van der Waals surface area contributed by atoms with Gasteiger partial charge in [0.25, 0.3) is 5.91 Å². The van der Waals surface area contributed by atoms with E-state index in [2.05, 4.69) is 16.9 Å². The zero-order chi connectivity index (χ0) is 25.7. The second-order valence-electron chi connectivity index (χ2n) is 8.08. The van der Waals surface area contributed by atoms with Crippen molar-refractivity contribution >= 4 is 79.0 Å². The number of carbonyl (C=O) groups excluding carboxylic acids is 3. The molecule has 0 saturated carbocycles. The Balaban J connectivity index is 1.41. The minimum Gasteiger partial charge on any atom is -0.462 e. The van der Waals surface area contributed by atoms with E-state index in [1.807, 2.05) is 16.7 Å². The number of thiazole rings is 1. The zero-order valence-corrected chi connectivity index (χ0v) is 23.0. The number of fused-ring (bicyclic) bond motifs is 2. The van der Waals surface area contributed by atoms with Gasteiger partial charge in [-0.25, -0.2) is 4.79 Å². The average molecular weight is 564 g/mol. The van der Waals surface area contributed by atoms with E-state index in [1.54, 1.807) is 19.1 Å². The topological polar surface area (TPSA) is 89.8 Å². The first kappa shape index (κ1) is 26.7. The van der Waals surface area contributed by atoms with Crippen molar-refractivity contribution in [2.24, 2.45) is 4.99 Å². The van der Waals surface area contributed by atoms with Crippen LogP contribution in [-0.4, -0.2) is 40.5 Å². The van der Waals surface area contributed by atoms with E-state index in [4.69, 9.17) is 16.3 Å². The van der Waals surface area contributed by atoms with Crippen LogP contribution in [0.1, 0.15) is 40.6 Å². The lowest BCUT2D eigenvalue weighted by atomic mass is 9.95. The van der Waals surface area contributed by atoms with Crippen LogP contribution >= 0.6 is 46.0 Å². The Labute approximate surface area is 226 Å².